The van der Waals surface area contributed by atoms with E-state index in [1.807, 2.05) is 36.2 Å². The second kappa shape index (κ2) is 6.75. The summed E-state index contributed by atoms with van der Waals surface area (Å²) in [5.74, 6) is 1.25. The highest BCUT2D eigenvalue weighted by Crippen LogP contribution is 2.15. The molecule has 0 spiro atoms. The van der Waals surface area contributed by atoms with E-state index in [0.29, 0.717) is 25.0 Å². The first-order chi connectivity index (χ1) is 9.69. The molecule has 5 heteroatoms. The Morgan fingerprint density at radius 2 is 2.15 bits per heavy atom. The summed E-state index contributed by atoms with van der Waals surface area (Å²) in [6.07, 6.45) is 2.67. The lowest BCUT2D eigenvalue weighted by Crippen LogP contribution is -2.19. The van der Waals surface area contributed by atoms with E-state index in [4.69, 9.17) is 10.5 Å². The van der Waals surface area contributed by atoms with Crippen LogP contribution >= 0.6 is 0 Å². The van der Waals surface area contributed by atoms with Crippen molar-refractivity contribution in [3.8, 4) is 5.88 Å². The van der Waals surface area contributed by atoms with Gasteiger partial charge in [0.15, 0.2) is 0 Å². The standard InChI is InChI=1S/C15H20N4O/c1-3-9-20-14-7-8-17-15(18-14)19(2)11-12-5-4-6-13(16)10-12/h4-8,10H,3,9,11,16H2,1-2H3. The number of nitrogens with zero attached hydrogens (tertiary/aromatic N) is 3. The lowest BCUT2D eigenvalue weighted by atomic mass is 10.2. The minimum atomic E-state index is 0.608. The fraction of sp³-hybridized carbons (Fsp3) is 0.333. The molecule has 0 aliphatic carbocycles. The topological polar surface area (TPSA) is 64.3 Å². The van der Waals surface area contributed by atoms with Crippen LogP contribution in [-0.4, -0.2) is 23.6 Å². The third-order valence-corrected chi connectivity index (χ3v) is 2.78. The largest absolute Gasteiger partial charge is 0.478 e. The van der Waals surface area contributed by atoms with E-state index in [0.717, 1.165) is 17.7 Å². The van der Waals surface area contributed by atoms with Crippen LogP contribution in [0.15, 0.2) is 36.5 Å². The van der Waals surface area contributed by atoms with Crippen LogP contribution in [0.3, 0.4) is 0 Å². The van der Waals surface area contributed by atoms with Crippen LogP contribution in [0.25, 0.3) is 0 Å². The molecule has 0 saturated carbocycles. The van der Waals surface area contributed by atoms with E-state index >= 15 is 0 Å². The second-order valence-corrected chi connectivity index (χ2v) is 4.64. The summed E-state index contributed by atoms with van der Waals surface area (Å²) in [6.45, 7) is 3.42. The summed E-state index contributed by atoms with van der Waals surface area (Å²) in [4.78, 5) is 10.6. The minimum absolute atomic E-state index is 0.608. The van der Waals surface area contributed by atoms with Crippen LogP contribution in [0.2, 0.25) is 0 Å². The molecule has 1 aromatic carbocycles. The average molecular weight is 272 g/mol. The summed E-state index contributed by atoms with van der Waals surface area (Å²) >= 11 is 0. The maximum atomic E-state index is 5.78. The van der Waals surface area contributed by atoms with E-state index in [2.05, 4.69) is 16.9 Å². The maximum absolute atomic E-state index is 5.78. The Balaban J connectivity index is 2.06. The fourth-order valence-electron chi connectivity index (χ4n) is 1.84. The van der Waals surface area contributed by atoms with E-state index < -0.39 is 0 Å². The van der Waals surface area contributed by atoms with Crippen LogP contribution in [0, 0.1) is 0 Å². The van der Waals surface area contributed by atoms with Gasteiger partial charge in [-0.2, -0.15) is 4.98 Å². The summed E-state index contributed by atoms with van der Waals surface area (Å²) in [6, 6.07) is 9.57. The molecule has 0 amide bonds. The zero-order valence-corrected chi connectivity index (χ0v) is 11.9. The third-order valence-electron chi connectivity index (χ3n) is 2.78. The van der Waals surface area contributed by atoms with Crippen LogP contribution in [0.4, 0.5) is 11.6 Å². The van der Waals surface area contributed by atoms with Gasteiger partial charge in [-0.25, -0.2) is 4.98 Å². The quantitative estimate of drug-likeness (QED) is 0.818. The number of benzene rings is 1. The van der Waals surface area contributed by atoms with Crippen molar-refractivity contribution in [2.75, 3.05) is 24.3 Å². The molecule has 0 fully saturated rings. The van der Waals surface area contributed by atoms with Crippen LogP contribution in [-0.2, 0) is 6.54 Å². The van der Waals surface area contributed by atoms with Crippen LogP contribution < -0.4 is 15.4 Å². The smallest absolute Gasteiger partial charge is 0.228 e. The van der Waals surface area contributed by atoms with Crippen molar-refractivity contribution in [2.45, 2.75) is 19.9 Å². The Kier molecular flexibility index (Phi) is 4.76. The number of hydrogen-bond acceptors (Lipinski definition) is 5. The normalized spacial score (nSPS) is 10.3. The first-order valence-electron chi connectivity index (χ1n) is 6.70. The van der Waals surface area contributed by atoms with E-state index in [1.54, 1.807) is 12.3 Å². The molecule has 0 saturated heterocycles. The molecular weight excluding hydrogens is 252 g/mol. The second-order valence-electron chi connectivity index (χ2n) is 4.64. The lowest BCUT2D eigenvalue weighted by molar-refractivity contribution is 0.305. The molecule has 20 heavy (non-hydrogen) atoms. The van der Waals surface area contributed by atoms with Gasteiger partial charge in [-0.1, -0.05) is 19.1 Å². The monoisotopic (exact) mass is 272 g/mol. The molecule has 5 nitrogen and oxygen atoms in total. The first kappa shape index (κ1) is 14.1. The SMILES string of the molecule is CCCOc1ccnc(N(C)Cc2cccc(N)c2)n1. The molecule has 106 valence electrons. The number of nitrogen functional groups attached to an aromatic ring is 1. The molecule has 0 atom stereocenters. The van der Waals surface area contributed by atoms with Gasteiger partial charge in [0.05, 0.1) is 6.61 Å². The van der Waals surface area contributed by atoms with Crippen LogP contribution in [0.1, 0.15) is 18.9 Å². The Labute approximate surface area is 119 Å². The van der Waals surface area contributed by atoms with Crippen molar-refractivity contribution < 1.29 is 4.74 Å². The molecule has 0 aliphatic rings. The number of aromatic nitrogens is 2. The molecule has 2 aromatic rings. The number of hydrogen-bond donors (Lipinski definition) is 1. The lowest BCUT2D eigenvalue weighted by Gasteiger charge is -2.17. The molecule has 0 radical (unpaired) electrons. The van der Waals surface area contributed by atoms with Gasteiger partial charge in [-0.15, -0.1) is 0 Å². The highest BCUT2D eigenvalue weighted by atomic mass is 16.5. The molecule has 0 bridgehead atoms. The zero-order valence-electron chi connectivity index (χ0n) is 11.9. The average Bonchev–Trinajstić information content (AvgIpc) is 2.45. The van der Waals surface area contributed by atoms with E-state index in [9.17, 15) is 0 Å². The van der Waals surface area contributed by atoms with Crippen LogP contribution in [0.5, 0.6) is 5.88 Å². The Morgan fingerprint density at radius 1 is 1.30 bits per heavy atom. The molecule has 0 aliphatic heterocycles. The van der Waals surface area contributed by atoms with Gasteiger partial charge >= 0.3 is 0 Å². The predicted octanol–water partition coefficient (Wildman–Crippen LogP) is 2.48. The van der Waals surface area contributed by atoms with Crippen molar-refractivity contribution in [1.82, 2.24) is 9.97 Å². The van der Waals surface area contributed by atoms with E-state index in [-0.39, 0.29) is 0 Å². The van der Waals surface area contributed by atoms with Gasteiger partial charge in [0.2, 0.25) is 11.8 Å². The fourth-order valence-corrected chi connectivity index (χ4v) is 1.84. The number of nitrogens with two attached hydrogens (primary N) is 1. The summed E-state index contributed by atoms with van der Waals surface area (Å²) in [7, 11) is 1.95. The molecule has 0 unspecified atom stereocenters. The molecule has 1 aromatic heterocycles. The Morgan fingerprint density at radius 3 is 2.90 bits per heavy atom. The van der Waals surface area contributed by atoms with Gasteiger partial charge in [-0.3, -0.25) is 0 Å². The summed E-state index contributed by atoms with van der Waals surface area (Å²) in [5.41, 5.74) is 7.66. The zero-order chi connectivity index (χ0) is 14.4. The molecule has 1 heterocycles. The van der Waals surface area contributed by atoms with E-state index in [1.165, 1.54) is 0 Å². The molecular formula is C15H20N4O. The van der Waals surface area contributed by atoms with Crippen molar-refractivity contribution in [2.24, 2.45) is 0 Å². The highest BCUT2D eigenvalue weighted by molar-refractivity contribution is 5.42. The predicted molar refractivity (Wildman–Crippen MR) is 80.8 cm³/mol. The van der Waals surface area contributed by atoms with Crippen molar-refractivity contribution in [3.63, 3.8) is 0 Å². The summed E-state index contributed by atoms with van der Waals surface area (Å²) in [5, 5.41) is 0. The highest BCUT2D eigenvalue weighted by Gasteiger charge is 2.07. The van der Waals surface area contributed by atoms with Gasteiger partial charge < -0.3 is 15.4 Å². The number of ether oxygens (including phenoxy) is 1. The van der Waals surface area contributed by atoms with Crippen molar-refractivity contribution in [1.29, 1.82) is 0 Å². The van der Waals surface area contributed by atoms with Gasteiger partial charge in [0, 0.05) is 31.5 Å². The van der Waals surface area contributed by atoms with Crippen molar-refractivity contribution >= 4 is 11.6 Å². The number of rotatable bonds is 6. The molecule has 2 rings (SSSR count). The Bertz CT molecular complexity index is 559. The summed E-state index contributed by atoms with van der Waals surface area (Å²) < 4.78 is 5.52. The minimum Gasteiger partial charge on any atom is -0.478 e. The third kappa shape index (κ3) is 3.85. The first-order valence-corrected chi connectivity index (χ1v) is 6.70. The number of anilines is 2. The maximum Gasteiger partial charge on any atom is 0.228 e. The van der Waals surface area contributed by atoms with Gasteiger partial charge in [0.25, 0.3) is 0 Å². The van der Waals surface area contributed by atoms with Crippen molar-refractivity contribution in [3.05, 3.63) is 42.1 Å². The molecule has 2 N–H and O–H groups in total. The van der Waals surface area contributed by atoms with Gasteiger partial charge in [0.1, 0.15) is 0 Å². The van der Waals surface area contributed by atoms with Gasteiger partial charge in [-0.05, 0) is 24.1 Å². The Hall–Kier alpha value is -2.30.